The highest BCUT2D eigenvalue weighted by molar-refractivity contribution is 7.99. The average molecular weight is 506 g/mol. The standard InChI is InChI=1S/C23H25Cl2N5O2S/c1-13(2)20(27-22(32)16-7-5-6-8-17(16)25)21-28-29-23(30(21)4)33-12-19(31)26-18-10-9-15(24)11-14(18)3/h5-11,13,20H,12H2,1-4H3,(H,26,31)(H,27,32)/t20-/m1/s1. The maximum atomic E-state index is 12.8. The van der Waals surface area contributed by atoms with Gasteiger partial charge in [-0.25, -0.2) is 0 Å². The van der Waals surface area contributed by atoms with Gasteiger partial charge in [0, 0.05) is 17.8 Å². The van der Waals surface area contributed by atoms with Crippen molar-refractivity contribution in [1.82, 2.24) is 20.1 Å². The van der Waals surface area contributed by atoms with Crippen LogP contribution < -0.4 is 10.6 Å². The van der Waals surface area contributed by atoms with Gasteiger partial charge in [0.2, 0.25) is 5.91 Å². The lowest BCUT2D eigenvalue weighted by molar-refractivity contribution is -0.113. The molecule has 3 rings (SSSR count). The lowest BCUT2D eigenvalue weighted by atomic mass is 10.0. The van der Waals surface area contributed by atoms with Crippen LogP contribution in [0.25, 0.3) is 0 Å². The van der Waals surface area contributed by atoms with Crippen LogP contribution in [-0.2, 0) is 11.8 Å². The first-order valence-electron chi connectivity index (χ1n) is 10.3. The number of benzene rings is 2. The molecule has 3 aromatic rings. The minimum absolute atomic E-state index is 0.0494. The zero-order valence-electron chi connectivity index (χ0n) is 18.7. The fraction of sp³-hybridized carbons (Fsp3) is 0.304. The smallest absolute Gasteiger partial charge is 0.253 e. The molecule has 0 saturated carbocycles. The van der Waals surface area contributed by atoms with Crippen LogP contribution in [0.5, 0.6) is 0 Å². The van der Waals surface area contributed by atoms with Crippen molar-refractivity contribution >= 4 is 52.5 Å². The van der Waals surface area contributed by atoms with Gasteiger partial charge in [-0.05, 0) is 48.7 Å². The average Bonchev–Trinajstić information content (AvgIpc) is 3.12. The summed E-state index contributed by atoms with van der Waals surface area (Å²) in [4.78, 5) is 25.2. The Morgan fingerprint density at radius 1 is 1.12 bits per heavy atom. The van der Waals surface area contributed by atoms with E-state index in [-0.39, 0.29) is 29.5 Å². The minimum Gasteiger partial charge on any atom is -0.342 e. The van der Waals surface area contributed by atoms with E-state index in [2.05, 4.69) is 20.8 Å². The molecule has 2 N–H and O–H groups in total. The number of aryl methyl sites for hydroxylation is 1. The molecule has 0 aliphatic heterocycles. The van der Waals surface area contributed by atoms with Crippen LogP contribution in [0, 0.1) is 12.8 Å². The van der Waals surface area contributed by atoms with Crippen LogP contribution >= 0.6 is 35.0 Å². The predicted molar refractivity (Wildman–Crippen MR) is 133 cm³/mol. The first-order valence-corrected chi connectivity index (χ1v) is 12.0. The van der Waals surface area contributed by atoms with Crippen molar-refractivity contribution in [2.75, 3.05) is 11.1 Å². The highest BCUT2D eigenvalue weighted by atomic mass is 35.5. The first-order chi connectivity index (χ1) is 15.7. The SMILES string of the molecule is Cc1cc(Cl)ccc1NC(=O)CSc1nnc([C@H](NC(=O)c2ccccc2Cl)C(C)C)n1C. The summed E-state index contributed by atoms with van der Waals surface area (Å²) >= 11 is 13.4. The van der Waals surface area contributed by atoms with Gasteiger partial charge in [-0.15, -0.1) is 10.2 Å². The third-order valence-electron chi connectivity index (χ3n) is 5.01. The molecule has 1 aromatic heterocycles. The summed E-state index contributed by atoms with van der Waals surface area (Å²) in [7, 11) is 1.82. The monoisotopic (exact) mass is 505 g/mol. The topological polar surface area (TPSA) is 88.9 Å². The molecule has 0 aliphatic rings. The quantitative estimate of drug-likeness (QED) is 0.406. The lowest BCUT2D eigenvalue weighted by Crippen LogP contribution is -2.33. The number of rotatable bonds is 8. The first kappa shape index (κ1) is 25.1. The molecule has 0 bridgehead atoms. The fourth-order valence-electron chi connectivity index (χ4n) is 3.20. The van der Waals surface area contributed by atoms with E-state index in [4.69, 9.17) is 23.2 Å². The number of amides is 2. The normalized spacial score (nSPS) is 12.0. The van der Waals surface area contributed by atoms with E-state index in [1.807, 2.05) is 27.8 Å². The highest BCUT2D eigenvalue weighted by Crippen LogP contribution is 2.26. The molecule has 0 unspecified atom stereocenters. The van der Waals surface area contributed by atoms with Crippen molar-refractivity contribution in [3.05, 3.63) is 69.5 Å². The summed E-state index contributed by atoms with van der Waals surface area (Å²) in [6, 6.07) is 11.8. The van der Waals surface area contributed by atoms with Crippen LogP contribution in [-0.4, -0.2) is 32.3 Å². The Morgan fingerprint density at radius 3 is 2.52 bits per heavy atom. The number of thioether (sulfide) groups is 1. The maximum absolute atomic E-state index is 12.8. The van der Waals surface area contributed by atoms with Gasteiger partial charge < -0.3 is 15.2 Å². The maximum Gasteiger partial charge on any atom is 0.253 e. The second-order valence-corrected chi connectivity index (χ2v) is 9.66. The number of carbonyl (C=O) groups is 2. The summed E-state index contributed by atoms with van der Waals surface area (Å²) in [6.45, 7) is 5.86. The molecule has 0 aliphatic carbocycles. The van der Waals surface area contributed by atoms with Crippen LogP contribution in [0.4, 0.5) is 5.69 Å². The number of nitrogens with zero attached hydrogens (tertiary/aromatic N) is 3. The Labute approximate surface area is 207 Å². The number of aromatic nitrogens is 3. The van der Waals surface area contributed by atoms with Gasteiger partial charge in [0.05, 0.1) is 22.4 Å². The van der Waals surface area contributed by atoms with Crippen molar-refractivity contribution in [3.63, 3.8) is 0 Å². The number of hydrogen-bond acceptors (Lipinski definition) is 5. The van der Waals surface area contributed by atoms with Gasteiger partial charge in [-0.3, -0.25) is 9.59 Å². The van der Waals surface area contributed by atoms with E-state index in [1.165, 1.54) is 11.8 Å². The van der Waals surface area contributed by atoms with Gasteiger partial charge in [-0.2, -0.15) is 0 Å². The summed E-state index contributed by atoms with van der Waals surface area (Å²) in [5.41, 5.74) is 2.00. The number of carbonyl (C=O) groups excluding carboxylic acids is 2. The van der Waals surface area contributed by atoms with Crippen molar-refractivity contribution in [1.29, 1.82) is 0 Å². The predicted octanol–water partition coefficient (Wildman–Crippen LogP) is 5.29. The molecule has 33 heavy (non-hydrogen) atoms. The molecule has 7 nitrogen and oxygen atoms in total. The second kappa shape index (κ2) is 11.0. The lowest BCUT2D eigenvalue weighted by Gasteiger charge is -2.22. The second-order valence-electron chi connectivity index (χ2n) is 7.87. The highest BCUT2D eigenvalue weighted by Gasteiger charge is 2.26. The number of nitrogens with one attached hydrogen (secondary N) is 2. The molecule has 0 fully saturated rings. The minimum atomic E-state index is -0.383. The Balaban J connectivity index is 1.68. The summed E-state index contributed by atoms with van der Waals surface area (Å²) in [5, 5.41) is 16.0. The third-order valence-corrected chi connectivity index (χ3v) is 6.60. The molecule has 0 spiro atoms. The molecule has 1 atom stereocenters. The molecule has 0 radical (unpaired) electrons. The van der Waals surface area contributed by atoms with Crippen molar-refractivity contribution in [2.45, 2.75) is 32.0 Å². The molecule has 174 valence electrons. The van der Waals surface area contributed by atoms with Gasteiger partial charge in [-0.1, -0.05) is 60.9 Å². The number of anilines is 1. The van der Waals surface area contributed by atoms with E-state index in [0.717, 1.165) is 5.56 Å². The van der Waals surface area contributed by atoms with Gasteiger partial charge >= 0.3 is 0 Å². The Kier molecular flexibility index (Phi) is 8.40. The summed E-state index contributed by atoms with van der Waals surface area (Å²) < 4.78 is 1.79. The molecular formula is C23H25Cl2N5O2S. The van der Waals surface area contributed by atoms with Crippen molar-refractivity contribution < 1.29 is 9.59 Å². The van der Waals surface area contributed by atoms with Crippen LogP contribution in [0.3, 0.4) is 0 Å². The molecule has 0 saturated heterocycles. The number of hydrogen-bond donors (Lipinski definition) is 2. The van der Waals surface area contributed by atoms with Crippen LogP contribution in [0.1, 0.15) is 41.6 Å². The molecule has 2 aromatic carbocycles. The van der Waals surface area contributed by atoms with Gasteiger partial charge in [0.25, 0.3) is 5.91 Å². The third kappa shape index (κ3) is 6.28. The largest absolute Gasteiger partial charge is 0.342 e. The van der Waals surface area contributed by atoms with Crippen LogP contribution in [0.2, 0.25) is 10.0 Å². The summed E-state index contributed by atoms with van der Waals surface area (Å²) in [5.74, 6) is 0.360. The Hall–Kier alpha value is -2.55. The Bertz CT molecular complexity index is 1170. The van der Waals surface area contributed by atoms with E-state index in [1.54, 1.807) is 47.0 Å². The van der Waals surface area contributed by atoms with E-state index in [0.29, 0.717) is 32.3 Å². The van der Waals surface area contributed by atoms with Crippen molar-refractivity contribution in [3.8, 4) is 0 Å². The fourth-order valence-corrected chi connectivity index (χ4v) is 4.37. The zero-order valence-corrected chi connectivity index (χ0v) is 21.1. The van der Waals surface area contributed by atoms with E-state index < -0.39 is 0 Å². The molecule has 1 heterocycles. The van der Waals surface area contributed by atoms with Crippen LogP contribution in [0.15, 0.2) is 47.6 Å². The molecule has 10 heteroatoms. The van der Waals surface area contributed by atoms with Gasteiger partial charge in [0.15, 0.2) is 11.0 Å². The van der Waals surface area contributed by atoms with Crippen molar-refractivity contribution in [2.24, 2.45) is 13.0 Å². The van der Waals surface area contributed by atoms with E-state index in [9.17, 15) is 9.59 Å². The summed E-state index contributed by atoms with van der Waals surface area (Å²) in [6.07, 6.45) is 0. The number of halogens is 2. The molecule has 2 amide bonds. The molecular weight excluding hydrogens is 481 g/mol. The van der Waals surface area contributed by atoms with E-state index >= 15 is 0 Å². The Morgan fingerprint density at radius 2 is 1.85 bits per heavy atom. The zero-order chi connectivity index (χ0) is 24.1. The van der Waals surface area contributed by atoms with Gasteiger partial charge in [0.1, 0.15) is 0 Å².